The number of rotatable bonds is 13. The van der Waals surface area contributed by atoms with Crippen molar-refractivity contribution in [3.05, 3.63) is 47.4 Å². The van der Waals surface area contributed by atoms with Crippen molar-refractivity contribution in [3.63, 3.8) is 0 Å². The second-order valence-electron chi connectivity index (χ2n) is 12.9. The van der Waals surface area contributed by atoms with E-state index in [1.165, 1.54) is 17.4 Å². The van der Waals surface area contributed by atoms with Crippen LogP contribution in [-0.2, 0) is 26.2 Å². The van der Waals surface area contributed by atoms with E-state index < -0.39 is 30.1 Å². The number of benzene rings is 1. The van der Waals surface area contributed by atoms with E-state index in [-0.39, 0.29) is 47.5 Å². The summed E-state index contributed by atoms with van der Waals surface area (Å²) in [5.74, 6) is 0.0258. The van der Waals surface area contributed by atoms with Gasteiger partial charge in [0.05, 0.1) is 29.0 Å². The molecule has 2 heterocycles. The molecule has 0 saturated heterocycles. The summed E-state index contributed by atoms with van der Waals surface area (Å²) in [6, 6.07) is 4.71. The molecule has 1 fully saturated rings. The minimum absolute atomic E-state index is 0.00408. The number of hydrogen-bond donors (Lipinski definition) is 3. The molecule has 15 heteroatoms. The molecule has 2 aromatic heterocycles. The quantitative estimate of drug-likeness (QED) is 0.186. The van der Waals surface area contributed by atoms with E-state index in [4.69, 9.17) is 9.47 Å². The molecule has 0 aliphatic heterocycles. The van der Waals surface area contributed by atoms with E-state index in [0.29, 0.717) is 16.4 Å². The van der Waals surface area contributed by atoms with E-state index in [0.717, 1.165) is 30.7 Å². The minimum atomic E-state index is -3.93. The normalized spacial score (nSPS) is 17.9. The summed E-state index contributed by atoms with van der Waals surface area (Å²) in [5.41, 5.74) is 0.755. The van der Waals surface area contributed by atoms with E-state index in [9.17, 15) is 18.0 Å². The van der Waals surface area contributed by atoms with Crippen molar-refractivity contribution in [3.8, 4) is 10.4 Å². The van der Waals surface area contributed by atoms with Crippen LogP contribution in [0, 0.1) is 0 Å². The monoisotopic (exact) mass is 690 g/mol. The highest BCUT2D eigenvalue weighted by Crippen LogP contribution is 2.39. The molecular weight excluding hydrogens is 645 g/mol. The predicted molar refractivity (Wildman–Crippen MR) is 182 cm³/mol. The second-order valence-corrected chi connectivity index (χ2v) is 21.2. The van der Waals surface area contributed by atoms with Gasteiger partial charge in [-0.25, -0.2) is 27.9 Å². The number of thiazole rings is 1. The van der Waals surface area contributed by atoms with E-state index >= 15 is 0 Å². The van der Waals surface area contributed by atoms with E-state index in [1.54, 1.807) is 42.2 Å². The zero-order chi connectivity index (χ0) is 33.6. The number of amides is 2. The molecular formula is C31H46N6O6S2Si. The summed E-state index contributed by atoms with van der Waals surface area (Å²) in [7, 11) is -5.44. The van der Waals surface area contributed by atoms with Crippen LogP contribution >= 0.6 is 11.3 Å². The van der Waals surface area contributed by atoms with Gasteiger partial charge in [0.15, 0.2) is 0 Å². The smallest absolute Gasteiger partial charge is 0.407 e. The number of imidazole rings is 1. The molecule has 46 heavy (non-hydrogen) atoms. The van der Waals surface area contributed by atoms with Crippen LogP contribution in [-0.4, -0.2) is 67.4 Å². The van der Waals surface area contributed by atoms with Gasteiger partial charge in [0.2, 0.25) is 16.0 Å². The largest absolute Gasteiger partial charge is 0.447 e. The van der Waals surface area contributed by atoms with Gasteiger partial charge in [-0.15, -0.1) is 11.3 Å². The Morgan fingerprint density at radius 3 is 2.48 bits per heavy atom. The lowest BCUT2D eigenvalue weighted by atomic mass is 9.86. The van der Waals surface area contributed by atoms with Crippen molar-refractivity contribution >= 4 is 47.4 Å². The first-order chi connectivity index (χ1) is 21.7. The van der Waals surface area contributed by atoms with Crippen molar-refractivity contribution in [2.45, 2.75) is 108 Å². The number of nitrogens with zero attached hydrogens (tertiary/aromatic N) is 3. The van der Waals surface area contributed by atoms with Crippen LogP contribution in [0.5, 0.6) is 0 Å². The third-order valence-electron chi connectivity index (χ3n) is 8.02. The fourth-order valence-corrected chi connectivity index (χ4v) is 8.06. The maximum Gasteiger partial charge on any atom is 0.407 e. The topological polar surface area (TPSA) is 154 Å². The van der Waals surface area contributed by atoms with Crippen LogP contribution < -0.4 is 15.4 Å². The molecule has 1 aliphatic rings. The van der Waals surface area contributed by atoms with Gasteiger partial charge in [0.25, 0.3) is 5.91 Å². The Morgan fingerprint density at radius 2 is 1.83 bits per heavy atom. The molecule has 1 atom stereocenters. The Morgan fingerprint density at radius 1 is 1.11 bits per heavy atom. The molecule has 1 aromatic carbocycles. The molecule has 0 spiro atoms. The standard InChI is InChI=1S/C31H46N6O6S2Si/c1-8-34-45(40,41)27-17-23(28(38)36-30-32-15-16-37(30)19-42-21(4)46(5,6)7)11-14-25(27)26-18-33-29(44-26)22-9-12-24(13-10-22)35-31(39)43-20(2)3/h11,14-18,20-22,24,34H,8-10,12-13,19H2,1-7H3,(H,35,39)(H,32,36,38). The number of hydrogen-bond acceptors (Lipinski definition) is 9. The Labute approximate surface area is 276 Å². The Hall–Kier alpha value is -3.11. The number of anilines is 1. The van der Waals surface area contributed by atoms with Crippen LogP contribution in [0.2, 0.25) is 19.6 Å². The summed E-state index contributed by atoms with van der Waals surface area (Å²) in [6.07, 6.45) is 7.73. The maximum absolute atomic E-state index is 13.4. The zero-order valence-electron chi connectivity index (χ0n) is 27.6. The molecule has 1 unspecified atom stereocenters. The predicted octanol–water partition coefficient (Wildman–Crippen LogP) is 5.96. The van der Waals surface area contributed by atoms with Crippen LogP contribution in [0.4, 0.5) is 10.7 Å². The molecule has 3 N–H and O–H groups in total. The molecule has 3 aromatic rings. The molecule has 1 aliphatic carbocycles. The van der Waals surface area contributed by atoms with E-state index in [1.807, 2.05) is 13.8 Å². The SMILES string of the molecule is CCNS(=O)(=O)c1cc(C(=O)Nc2nccn2COC(C)[Si](C)(C)C)ccc1-c1cnc(C2CCC(NC(=O)OC(C)C)CC2)s1. The molecule has 0 radical (unpaired) electrons. The van der Waals surface area contributed by atoms with E-state index in [2.05, 4.69) is 51.9 Å². The lowest BCUT2D eigenvalue weighted by Gasteiger charge is -2.28. The van der Waals surface area contributed by atoms with Gasteiger partial charge < -0.3 is 14.8 Å². The fourth-order valence-electron chi connectivity index (χ4n) is 5.01. The molecule has 2 amide bonds. The van der Waals surface area contributed by atoms with Crippen molar-refractivity contribution < 1.29 is 27.5 Å². The first-order valence-corrected chi connectivity index (χ1v) is 21.6. The van der Waals surface area contributed by atoms with Gasteiger partial charge in [-0.1, -0.05) is 32.6 Å². The van der Waals surface area contributed by atoms with Crippen molar-refractivity contribution in [1.82, 2.24) is 24.6 Å². The molecule has 4 rings (SSSR count). The summed E-state index contributed by atoms with van der Waals surface area (Å²) in [5, 5.41) is 6.66. The van der Waals surface area contributed by atoms with Crippen LogP contribution in [0.1, 0.15) is 74.7 Å². The maximum atomic E-state index is 13.4. The minimum Gasteiger partial charge on any atom is -0.447 e. The summed E-state index contributed by atoms with van der Waals surface area (Å²) >= 11 is 1.45. The van der Waals surface area contributed by atoms with Gasteiger partial charge in [-0.05, 0) is 58.6 Å². The average Bonchev–Trinajstić information content (AvgIpc) is 3.65. The fraction of sp³-hybridized carbons (Fsp3) is 0.548. The van der Waals surface area contributed by atoms with Crippen LogP contribution in [0.15, 0.2) is 41.7 Å². The van der Waals surface area contributed by atoms with Crippen LogP contribution in [0.25, 0.3) is 10.4 Å². The lowest BCUT2D eigenvalue weighted by Crippen LogP contribution is -2.38. The molecule has 1 saturated carbocycles. The Balaban J connectivity index is 1.50. The van der Waals surface area contributed by atoms with Gasteiger partial charge in [0, 0.05) is 53.9 Å². The van der Waals surface area contributed by atoms with Crippen LogP contribution in [0.3, 0.4) is 0 Å². The van der Waals surface area contributed by atoms with Gasteiger partial charge in [-0.2, -0.15) is 0 Å². The van der Waals surface area contributed by atoms with Crippen molar-refractivity contribution in [1.29, 1.82) is 0 Å². The summed E-state index contributed by atoms with van der Waals surface area (Å²) in [4.78, 5) is 35.0. The van der Waals surface area contributed by atoms with Gasteiger partial charge in [-0.3, -0.25) is 14.7 Å². The second kappa shape index (κ2) is 15.2. The van der Waals surface area contributed by atoms with Crippen molar-refractivity contribution in [2.75, 3.05) is 11.9 Å². The molecule has 0 bridgehead atoms. The average molecular weight is 691 g/mol. The first-order valence-electron chi connectivity index (χ1n) is 15.7. The molecule has 12 nitrogen and oxygen atoms in total. The first kappa shape index (κ1) is 35.7. The highest BCUT2D eigenvalue weighted by molar-refractivity contribution is 7.89. The van der Waals surface area contributed by atoms with Crippen molar-refractivity contribution in [2.24, 2.45) is 0 Å². The number of aromatic nitrogens is 3. The number of sulfonamides is 1. The number of ether oxygens (including phenoxy) is 2. The van der Waals surface area contributed by atoms with Gasteiger partial charge in [0.1, 0.15) is 6.73 Å². The highest BCUT2D eigenvalue weighted by atomic mass is 32.2. The number of carbonyl (C=O) groups is 2. The zero-order valence-corrected chi connectivity index (χ0v) is 30.3. The van der Waals surface area contributed by atoms with Gasteiger partial charge >= 0.3 is 6.09 Å². The number of nitrogens with one attached hydrogen (secondary N) is 3. The Bertz CT molecular complexity index is 1610. The number of alkyl carbamates (subject to hydrolysis) is 1. The molecule has 252 valence electrons. The lowest BCUT2D eigenvalue weighted by molar-refractivity contribution is 0.0577. The highest BCUT2D eigenvalue weighted by Gasteiger charge is 2.28. The summed E-state index contributed by atoms with van der Waals surface area (Å²) in [6.45, 7) is 14.5. The number of carbonyl (C=O) groups excluding carboxylic acids is 2. The third-order valence-corrected chi connectivity index (χ3v) is 13.4. The summed E-state index contributed by atoms with van der Waals surface area (Å²) < 4.78 is 42.2. The Kier molecular flexibility index (Phi) is 11.8. The third kappa shape index (κ3) is 9.24.